The number of nitrogens with one attached hydrogen (secondary N) is 1. The lowest BCUT2D eigenvalue weighted by Gasteiger charge is -2.09. The van der Waals surface area contributed by atoms with Crippen molar-refractivity contribution in [2.45, 2.75) is 12.8 Å². The van der Waals surface area contributed by atoms with E-state index in [2.05, 4.69) is 15.0 Å². The highest BCUT2D eigenvalue weighted by Gasteiger charge is 2.15. The van der Waals surface area contributed by atoms with Crippen molar-refractivity contribution in [3.05, 3.63) is 84.1 Å². The number of benzene rings is 2. The molecule has 0 bridgehead atoms. The van der Waals surface area contributed by atoms with Crippen molar-refractivity contribution >= 4 is 16.6 Å². The van der Waals surface area contributed by atoms with Crippen LogP contribution in [0.4, 0.5) is 10.1 Å². The fourth-order valence-electron chi connectivity index (χ4n) is 2.86. The lowest BCUT2D eigenvalue weighted by atomic mass is 10.2. The molecule has 1 unspecified atom stereocenters. The summed E-state index contributed by atoms with van der Waals surface area (Å²) in [5, 5.41) is 17.9. The molecular formula is C19H16FN3O2. The number of rotatable bonds is 5. The second kappa shape index (κ2) is 6.41. The van der Waals surface area contributed by atoms with Gasteiger partial charge in [-0.2, -0.15) is 0 Å². The van der Waals surface area contributed by atoms with Gasteiger partial charge in [0, 0.05) is 24.2 Å². The van der Waals surface area contributed by atoms with Crippen LogP contribution in [-0.4, -0.2) is 14.8 Å². The molecule has 0 saturated carbocycles. The molecule has 0 aliphatic carbocycles. The summed E-state index contributed by atoms with van der Waals surface area (Å²) >= 11 is 0. The van der Waals surface area contributed by atoms with Crippen molar-refractivity contribution in [3.8, 4) is 0 Å². The average molecular weight is 337 g/mol. The predicted octanol–water partition coefficient (Wildman–Crippen LogP) is 3.92. The third-order valence-electron chi connectivity index (χ3n) is 4.07. The molecule has 126 valence electrons. The molecule has 4 rings (SSSR count). The van der Waals surface area contributed by atoms with E-state index >= 15 is 0 Å². The van der Waals surface area contributed by atoms with Gasteiger partial charge in [0.1, 0.15) is 5.82 Å². The minimum atomic E-state index is -0.993. The minimum absolute atomic E-state index is 0.251. The maximum atomic E-state index is 13.1. The maximum Gasteiger partial charge on any atom is 0.187 e. The molecule has 1 atom stereocenters. The van der Waals surface area contributed by atoms with E-state index in [1.165, 1.54) is 18.3 Å². The van der Waals surface area contributed by atoms with Crippen molar-refractivity contribution in [1.29, 1.82) is 0 Å². The zero-order chi connectivity index (χ0) is 17.2. The molecule has 2 N–H and O–H groups in total. The Kier molecular flexibility index (Phi) is 3.95. The molecule has 0 aliphatic heterocycles. The number of hydrogen-bond donors (Lipinski definition) is 2. The highest BCUT2D eigenvalue weighted by molar-refractivity contribution is 5.93. The first-order valence-electron chi connectivity index (χ1n) is 7.88. The van der Waals surface area contributed by atoms with Crippen LogP contribution >= 0.6 is 0 Å². The summed E-state index contributed by atoms with van der Waals surface area (Å²) in [4.78, 5) is 0. The molecular weight excluding hydrogens is 321 g/mol. The van der Waals surface area contributed by atoms with Crippen LogP contribution in [0, 0.1) is 5.82 Å². The van der Waals surface area contributed by atoms with Crippen molar-refractivity contribution < 1.29 is 14.0 Å². The summed E-state index contributed by atoms with van der Waals surface area (Å²) in [6, 6.07) is 15.9. The Bertz CT molecular complexity index is 978. The van der Waals surface area contributed by atoms with E-state index in [1.54, 1.807) is 18.2 Å². The maximum absolute atomic E-state index is 13.1. The fraction of sp³-hybridized carbons (Fsp3) is 0.105. The topological polar surface area (TPSA) is 63.2 Å². The van der Waals surface area contributed by atoms with E-state index in [1.807, 2.05) is 30.5 Å². The first kappa shape index (κ1) is 15.4. The molecule has 2 aromatic heterocycles. The number of hydrogen-bond acceptors (Lipinski definition) is 4. The number of anilines is 1. The Morgan fingerprint density at radius 1 is 1.12 bits per heavy atom. The highest BCUT2D eigenvalue weighted by atomic mass is 19.1. The summed E-state index contributed by atoms with van der Waals surface area (Å²) in [6.07, 6.45) is 2.42. The number of halogens is 1. The number of aliphatic hydroxyl groups is 1. The monoisotopic (exact) mass is 337 g/mol. The van der Waals surface area contributed by atoms with Crippen LogP contribution < -0.4 is 5.32 Å². The van der Waals surface area contributed by atoms with Gasteiger partial charge in [0.25, 0.3) is 0 Å². The third-order valence-corrected chi connectivity index (χ3v) is 4.07. The standard InChI is InChI=1S/C19H16FN3O2/c20-14-7-5-13(6-8-14)11-23-12-16(15-3-1-2-4-17(15)23)22-19(24)18-9-10-21-25-18/h1-10,12,19,22,24H,11H2. The van der Waals surface area contributed by atoms with E-state index in [9.17, 15) is 9.50 Å². The molecule has 0 amide bonds. The summed E-state index contributed by atoms with van der Waals surface area (Å²) < 4.78 is 20.1. The van der Waals surface area contributed by atoms with Gasteiger partial charge in [-0.15, -0.1) is 0 Å². The second-order valence-corrected chi connectivity index (χ2v) is 5.78. The van der Waals surface area contributed by atoms with Gasteiger partial charge in [0.15, 0.2) is 12.0 Å². The Morgan fingerprint density at radius 3 is 2.68 bits per heavy atom. The van der Waals surface area contributed by atoms with Gasteiger partial charge in [-0.3, -0.25) is 0 Å². The van der Waals surface area contributed by atoms with Crippen molar-refractivity contribution in [2.24, 2.45) is 0 Å². The van der Waals surface area contributed by atoms with Crippen LogP contribution in [0.2, 0.25) is 0 Å². The zero-order valence-electron chi connectivity index (χ0n) is 13.3. The van der Waals surface area contributed by atoms with Gasteiger partial charge in [-0.25, -0.2) is 4.39 Å². The smallest absolute Gasteiger partial charge is 0.187 e. The molecule has 0 radical (unpaired) electrons. The van der Waals surface area contributed by atoms with Crippen LogP contribution in [0.1, 0.15) is 17.6 Å². The van der Waals surface area contributed by atoms with Gasteiger partial charge in [0.05, 0.1) is 17.4 Å². The number of aliphatic hydroxyl groups excluding tert-OH is 1. The molecule has 4 aromatic rings. The number of fused-ring (bicyclic) bond motifs is 1. The third kappa shape index (κ3) is 3.12. The summed E-state index contributed by atoms with van der Waals surface area (Å²) in [5.74, 6) is 0.0917. The van der Waals surface area contributed by atoms with E-state index in [-0.39, 0.29) is 5.82 Å². The molecule has 0 fully saturated rings. The van der Waals surface area contributed by atoms with Gasteiger partial charge < -0.3 is 19.5 Å². The Hall–Kier alpha value is -3.12. The summed E-state index contributed by atoms with van der Waals surface area (Å²) in [7, 11) is 0. The van der Waals surface area contributed by atoms with E-state index in [0.29, 0.717) is 12.3 Å². The molecule has 0 spiro atoms. The summed E-state index contributed by atoms with van der Waals surface area (Å²) in [5.41, 5.74) is 2.78. The van der Waals surface area contributed by atoms with Gasteiger partial charge in [-0.1, -0.05) is 35.5 Å². The van der Waals surface area contributed by atoms with Crippen molar-refractivity contribution in [1.82, 2.24) is 9.72 Å². The van der Waals surface area contributed by atoms with Gasteiger partial charge in [-0.05, 0) is 23.8 Å². The van der Waals surface area contributed by atoms with Crippen LogP contribution in [0.5, 0.6) is 0 Å². The SMILES string of the molecule is OC(Nc1cn(Cc2ccc(F)cc2)c2ccccc12)c1ccno1. The van der Waals surface area contributed by atoms with Gasteiger partial charge >= 0.3 is 0 Å². The first-order chi connectivity index (χ1) is 12.2. The predicted molar refractivity (Wildman–Crippen MR) is 92.5 cm³/mol. The number of aromatic nitrogens is 2. The molecule has 6 heteroatoms. The zero-order valence-corrected chi connectivity index (χ0v) is 13.3. The van der Waals surface area contributed by atoms with E-state index < -0.39 is 6.23 Å². The van der Waals surface area contributed by atoms with Crippen LogP contribution in [-0.2, 0) is 6.54 Å². The van der Waals surface area contributed by atoms with Crippen molar-refractivity contribution in [3.63, 3.8) is 0 Å². The second-order valence-electron chi connectivity index (χ2n) is 5.78. The largest absolute Gasteiger partial charge is 0.367 e. The molecule has 0 aliphatic rings. The summed E-state index contributed by atoms with van der Waals surface area (Å²) in [6.45, 7) is 0.598. The van der Waals surface area contributed by atoms with Crippen LogP contribution in [0.25, 0.3) is 10.9 Å². The Balaban J connectivity index is 1.67. The lowest BCUT2D eigenvalue weighted by Crippen LogP contribution is -2.08. The van der Waals surface area contributed by atoms with Crippen LogP contribution in [0.15, 0.2) is 71.5 Å². The number of para-hydroxylation sites is 1. The quantitative estimate of drug-likeness (QED) is 0.542. The lowest BCUT2D eigenvalue weighted by molar-refractivity contribution is 0.166. The molecule has 2 aromatic carbocycles. The fourth-order valence-corrected chi connectivity index (χ4v) is 2.86. The average Bonchev–Trinajstić information content (AvgIpc) is 3.27. The first-order valence-corrected chi connectivity index (χ1v) is 7.88. The minimum Gasteiger partial charge on any atom is -0.367 e. The molecule has 0 saturated heterocycles. The Morgan fingerprint density at radius 2 is 1.92 bits per heavy atom. The Labute approximate surface area is 143 Å². The van der Waals surface area contributed by atoms with Crippen LogP contribution in [0.3, 0.4) is 0 Å². The van der Waals surface area contributed by atoms with Crippen molar-refractivity contribution in [2.75, 3.05) is 5.32 Å². The number of nitrogens with zero attached hydrogens (tertiary/aromatic N) is 2. The molecule has 5 nitrogen and oxygen atoms in total. The molecule has 25 heavy (non-hydrogen) atoms. The van der Waals surface area contributed by atoms with E-state index in [0.717, 1.165) is 22.2 Å². The molecule has 2 heterocycles. The normalized spacial score (nSPS) is 12.4. The highest BCUT2D eigenvalue weighted by Crippen LogP contribution is 2.29. The van der Waals surface area contributed by atoms with E-state index in [4.69, 9.17) is 4.52 Å². The van der Waals surface area contributed by atoms with Gasteiger partial charge in [0.2, 0.25) is 0 Å².